The molecule has 2 fully saturated rings. The Labute approximate surface area is 114 Å². The summed E-state index contributed by atoms with van der Waals surface area (Å²) in [5.41, 5.74) is 8.82. The van der Waals surface area contributed by atoms with Gasteiger partial charge in [-0.25, -0.2) is 0 Å². The molecule has 2 aliphatic heterocycles. The van der Waals surface area contributed by atoms with Crippen LogP contribution in [0.25, 0.3) is 0 Å². The monoisotopic (exact) mass is 271 g/mol. The topological polar surface area (TPSA) is 44.5 Å². The molecule has 2 N–H and O–H groups in total. The summed E-state index contributed by atoms with van der Waals surface area (Å²) in [6.45, 7) is 2.41. The fourth-order valence-electron chi connectivity index (χ4n) is 2.90. The molecular formula is C14H25NO2S. The van der Waals surface area contributed by atoms with E-state index >= 15 is 0 Å². The molecule has 1 spiro atoms. The number of thioether (sulfide) groups is 1. The summed E-state index contributed by atoms with van der Waals surface area (Å²) in [5.74, 6) is 2.41. The Balaban J connectivity index is 2.06. The van der Waals surface area contributed by atoms with Gasteiger partial charge in [-0.1, -0.05) is 5.57 Å². The third-order valence-electron chi connectivity index (χ3n) is 3.92. The molecule has 0 aromatic rings. The lowest BCUT2D eigenvalue weighted by Crippen LogP contribution is -2.37. The van der Waals surface area contributed by atoms with Crippen molar-refractivity contribution < 1.29 is 9.47 Å². The first-order valence-corrected chi connectivity index (χ1v) is 8.05. The summed E-state index contributed by atoms with van der Waals surface area (Å²) in [7, 11) is 1.78. The van der Waals surface area contributed by atoms with Crippen molar-refractivity contribution in [1.29, 1.82) is 0 Å². The average molecular weight is 271 g/mol. The minimum absolute atomic E-state index is 0.139. The van der Waals surface area contributed by atoms with E-state index in [-0.39, 0.29) is 5.60 Å². The SMILES string of the molecule is COCC(CCCN)=C1CCOC2(CCSC2)C1. The van der Waals surface area contributed by atoms with Crippen LogP contribution in [0.1, 0.15) is 32.1 Å². The van der Waals surface area contributed by atoms with E-state index in [0.29, 0.717) is 0 Å². The fourth-order valence-corrected chi connectivity index (χ4v) is 4.27. The number of nitrogens with two attached hydrogens (primary N) is 1. The summed E-state index contributed by atoms with van der Waals surface area (Å²) in [6.07, 6.45) is 5.55. The highest BCUT2D eigenvalue weighted by atomic mass is 32.2. The molecule has 0 aromatic heterocycles. The first-order chi connectivity index (χ1) is 8.79. The molecule has 2 heterocycles. The Morgan fingerprint density at radius 1 is 1.56 bits per heavy atom. The van der Waals surface area contributed by atoms with Crippen molar-refractivity contribution in [3.05, 3.63) is 11.1 Å². The molecule has 0 amide bonds. The lowest BCUT2D eigenvalue weighted by atomic mass is 9.86. The first-order valence-electron chi connectivity index (χ1n) is 6.90. The minimum atomic E-state index is 0.139. The molecule has 2 rings (SSSR count). The van der Waals surface area contributed by atoms with Crippen molar-refractivity contribution in [2.24, 2.45) is 5.73 Å². The fraction of sp³-hybridized carbons (Fsp3) is 0.857. The summed E-state index contributed by atoms with van der Waals surface area (Å²) in [5, 5.41) is 0. The summed E-state index contributed by atoms with van der Waals surface area (Å²) in [6, 6.07) is 0. The van der Waals surface area contributed by atoms with Gasteiger partial charge < -0.3 is 15.2 Å². The van der Waals surface area contributed by atoms with E-state index in [0.717, 1.165) is 51.2 Å². The van der Waals surface area contributed by atoms with E-state index in [1.807, 2.05) is 11.8 Å². The van der Waals surface area contributed by atoms with Crippen LogP contribution >= 0.6 is 11.8 Å². The Kier molecular flexibility index (Phi) is 5.55. The Morgan fingerprint density at radius 2 is 2.44 bits per heavy atom. The van der Waals surface area contributed by atoms with Crippen LogP contribution in [0.5, 0.6) is 0 Å². The molecule has 0 aliphatic carbocycles. The Bertz CT molecular complexity index is 298. The molecule has 2 saturated heterocycles. The number of ether oxygens (including phenoxy) is 2. The number of rotatable bonds is 5. The van der Waals surface area contributed by atoms with Gasteiger partial charge in [-0.05, 0) is 50.0 Å². The van der Waals surface area contributed by atoms with Crippen molar-refractivity contribution in [3.8, 4) is 0 Å². The summed E-state index contributed by atoms with van der Waals surface area (Å²) < 4.78 is 11.4. The molecule has 0 radical (unpaired) electrons. The summed E-state index contributed by atoms with van der Waals surface area (Å²) in [4.78, 5) is 0. The lowest BCUT2D eigenvalue weighted by Gasteiger charge is -2.35. The molecule has 0 aromatic carbocycles. The largest absolute Gasteiger partial charge is 0.380 e. The maximum atomic E-state index is 6.07. The van der Waals surface area contributed by atoms with Crippen molar-refractivity contribution in [2.75, 3.05) is 38.4 Å². The van der Waals surface area contributed by atoms with Crippen LogP contribution in [0.15, 0.2) is 11.1 Å². The van der Waals surface area contributed by atoms with E-state index in [9.17, 15) is 0 Å². The molecule has 104 valence electrons. The second-order valence-corrected chi connectivity index (χ2v) is 6.40. The Morgan fingerprint density at radius 3 is 3.11 bits per heavy atom. The minimum Gasteiger partial charge on any atom is -0.380 e. The molecule has 4 heteroatoms. The van der Waals surface area contributed by atoms with Crippen LogP contribution in [0, 0.1) is 0 Å². The van der Waals surface area contributed by atoms with Gasteiger partial charge in [-0.3, -0.25) is 0 Å². The van der Waals surface area contributed by atoms with Crippen molar-refractivity contribution in [2.45, 2.75) is 37.7 Å². The average Bonchev–Trinajstić information content (AvgIpc) is 2.82. The number of hydrogen-bond donors (Lipinski definition) is 1. The number of hydrogen-bond acceptors (Lipinski definition) is 4. The molecule has 3 nitrogen and oxygen atoms in total. The predicted octanol–water partition coefficient (Wildman–Crippen LogP) is 2.35. The Hall–Kier alpha value is -0.0300. The zero-order valence-electron chi connectivity index (χ0n) is 11.4. The van der Waals surface area contributed by atoms with Crippen LogP contribution in [-0.2, 0) is 9.47 Å². The second-order valence-electron chi connectivity index (χ2n) is 5.29. The van der Waals surface area contributed by atoms with E-state index in [1.54, 1.807) is 12.7 Å². The van der Waals surface area contributed by atoms with Gasteiger partial charge >= 0.3 is 0 Å². The van der Waals surface area contributed by atoms with E-state index in [2.05, 4.69) is 0 Å². The van der Waals surface area contributed by atoms with Crippen molar-refractivity contribution in [3.63, 3.8) is 0 Å². The van der Waals surface area contributed by atoms with Crippen molar-refractivity contribution in [1.82, 2.24) is 0 Å². The van der Waals surface area contributed by atoms with Gasteiger partial charge in [0, 0.05) is 12.9 Å². The van der Waals surface area contributed by atoms with Gasteiger partial charge in [0.2, 0.25) is 0 Å². The van der Waals surface area contributed by atoms with Gasteiger partial charge in [0.15, 0.2) is 0 Å². The van der Waals surface area contributed by atoms with Crippen LogP contribution < -0.4 is 5.73 Å². The maximum Gasteiger partial charge on any atom is 0.0817 e. The van der Waals surface area contributed by atoms with Gasteiger partial charge in [0.05, 0.1) is 18.8 Å². The quantitative estimate of drug-likeness (QED) is 0.780. The third kappa shape index (κ3) is 3.50. The normalized spacial score (nSPS) is 31.0. The molecule has 2 aliphatic rings. The zero-order chi connectivity index (χ0) is 12.8. The lowest BCUT2D eigenvalue weighted by molar-refractivity contribution is -0.0420. The molecule has 0 saturated carbocycles. The first kappa shape index (κ1) is 14.4. The third-order valence-corrected chi connectivity index (χ3v) is 5.14. The molecule has 1 atom stereocenters. The summed E-state index contributed by atoms with van der Waals surface area (Å²) >= 11 is 2.03. The highest BCUT2D eigenvalue weighted by Gasteiger charge is 2.39. The molecule has 18 heavy (non-hydrogen) atoms. The van der Waals surface area contributed by atoms with Crippen LogP contribution in [0.3, 0.4) is 0 Å². The van der Waals surface area contributed by atoms with E-state index < -0.39 is 0 Å². The van der Waals surface area contributed by atoms with Crippen molar-refractivity contribution >= 4 is 11.8 Å². The smallest absolute Gasteiger partial charge is 0.0817 e. The van der Waals surface area contributed by atoms with Crippen LogP contribution in [-0.4, -0.2) is 44.0 Å². The maximum absolute atomic E-state index is 6.07. The highest BCUT2D eigenvalue weighted by Crippen LogP contribution is 2.41. The van der Waals surface area contributed by atoms with Gasteiger partial charge in [0.25, 0.3) is 0 Å². The standard InChI is InChI=1S/C14H25NO2S/c1-16-10-13(3-2-6-15)12-4-7-17-14(9-12)5-8-18-11-14/h2-11,15H2,1H3. The van der Waals surface area contributed by atoms with Crippen LogP contribution in [0.2, 0.25) is 0 Å². The highest BCUT2D eigenvalue weighted by molar-refractivity contribution is 7.99. The number of methoxy groups -OCH3 is 1. The second kappa shape index (κ2) is 6.94. The van der Waals surface area contributed by atoms with Gasteiger partial charge in [-0.2, -0.15) is 11.8 Å². The molecular weight excluding hydrogens is 246 g/mol. The van der Waals surface area contributed by atoms with E-state index in [4.69, 9.17) is 15.2 Å². The zero-order valence-corrected chi connectivity index (χ0v) is 12.2. The molecule has 0 bridgehead atoms. The van der Waals surface area contributed by atoms with Gasteiger partial charge in [-0.15, -0.1) is 0 Å². The van der Waals surface area contributed by atoms with Crippen LogP contribution in [0.4, 0.5) is 0 Å². The van der Waals surface area contributed by atoms with E-state index in [1.165, 1.54) is 17.7 Å². The van der Waals surface area contributed by atoms with Gasteiger partial charge in [0.1, 0.15) is 0 Å². The predicted molar refractivity (Wildman–Crippen MR) is 77.0 cm³/mol. The molecule has 1 unspecified atom stereocenters.